The Morgan fingerprint density at radius 3 is 2.47 bits per heavy atom. The molecule has 1 atom stereocenters. The van der Waals surface area contributed by atoms with Crippen LogP contribution in [0.3, 0.4) is 0 Å². The first kappa shape index (κ1) is 27.3. The number of carbonyl (C=O) groups is 2. The summed E-state index contributed by atoms with van der Waals surface area (Å²) in [6.07, 6.45) is -0.209. The molecule has 4 rings (SSSR count). The lowest BCUT2D eigenvalue weighted by Crippen LogP contribution is -2.23. The van der Waals surface area contributed by atoms with E-state index < -0.39 is 18.3 Å². The summed E-state index contributed by atoms with van der Waals surface area (Å²) in [5.41, 5.74) is 2.99. The van der Waals surface area contributed by atoms with Crippen molar-refractivity contribution in [3.05, 3.63) is 70.7 Å². The Hall–Kier alpha value is -3.79. The van der Waals surface area contributed by atoms with Gasteiger partial charge >= 0.3 is 0 Å². The predicted molar refractivity (Wildman–Crippen MR) is 146 cm³/mol. The second-order valence-electron chi connectivity index (χ2n) is 8.66. The molecule has 0 aliphatic rings. The maximum atomic E-state index is 13.4. The van der Waals surface area contributed by atoms with Crippen molar-refractivity contribution >= 4 is 33.0 Å². The molecule has 9 heteroatoms. The standard InChI is InChI=1S/C29H29NO7S/c1-17-5-4-6-20-21(16-38-29(17)20)27-25(35-2)10-8-22(30-27)28(34)19(15-32)13-23(33)18-7-9-24(37-12-11-31)26(14-18)36-3/h4-10,14,16,19,31-32H,11-13,15H2,1-3H3/t19-/m1/s1. The molecular formula is C29H29NO7S. The van der Waals surface area contributed by atoms with Gasteiger partial charge in [0, 0.05) is 33.0 Å². The van der Waals surface area contributed by atoms with Gasteiger partial charge < -0.3 is 24.4 Å². The summed E-state index contributed by atoms with van der Waals surface area (Å²) in [6.45, 7) is 1.46. The highest BCUT2D eigenvalue weighted by Gasteiger charge is 2.26. The number of aliphatic hydroxyl groups is 2. The summed E-state index contributed by atoms with van der Waals surface area (Å²) in [7, 11) is 2.99. The molecule has 0 bridgehead atoms. The molecule has 0 fully saturated rings. The van der Waals surface area contributed by atoms with E-state index in [1.807, 2.05) is 30.5 Å². The van der Waals surface area contributed by atoms with Crippen LogP contribution in [0, 0.1) is 12.8 Å². The number of hydrogen-bond acceptors (Lipinski definition) is 9. The summed E-state index contributed by atoms with van der Waals surface area (Å²) in [5.74, 6) is -0.508. The fourth-order valence-corrected chi connectivity index (χ4v) is 5.27. The van der Waals surface area contributed by atoms with E-state index in [0.717, 1.165) is 21.2 Å². The first-order chi connectivity index (χ1) is 18.4. The number of fused-ring (bicyclic) bond motifs is 1. The fraction of sp³-hybridized carbons (Fsp3) is 0.276. The highest BCUT2D eigenvalue weighted by atomic mass is 32.1. The van der Waals surface area contributed by atoms with E-state index in [2.05, 4.69) is 4.98 Å². The summed E-state index contributed by atoms with van der Waals surface area (Å²) >= 11 is 1.60. The maximum absolute atomic E-state index is 13.4. The minimum Gasteiger partial charge on any atom is -0.494 e. The van der Waals surface area contributed by atoms with Crippen molar-refractivity contribution in [3.8, 4) is 28.5 Å². The minimum atomic E-state index is -0.978. The van der Waals surface area contributed by atoms with Crippen molar-refractivity contribution in [3.63, 3.8) is 0 Å². The van der Waals surface area contributed by atoms with E-state index >= 15 is 0 Å². The maximum Gasteiger partial charge on any atom is 0.187 e. The molecule has 0 saturated heterocycles. The highest BCUT2D eigenvalue weighted by Crippen LogP contribution is 2.39. The third kappa shape index (κ3) is 5.55. The van der Waals surface area contributed by atoms with Gasteiger partial charge in [-0.1, -0.05) is 18.2 Å². The molecule has 0 amide bonds. The SMILES string of the molecule is COc1cc(C(=O)C[C@H](CO)C(=O)c2ccc(OC)c(-c3csc4c(C)cccc34)n2)ccc1OCCO. The number of ketones is 2. The van der Waals surface area contributed by atoms with Gasteiger partial charge in [-0.2, -0.15) is 0 Å². The molecule has 2 N–H and O–H groups in total. The Balaban J connectivity index is 1.60. The fourth-order valence-electron chi connectivity index (χ4n) is 4.23. The van der Waals surface area contributed by atoms with Crippen LogP contribution in [-0.2, 0) is 0 Å². The smallest absolute Gasteiger partial charge is 0.187 e. The molecule has 0 radical (unpaired) electrons. The second kappa shape index (κ2) is 12.2. The van der Waals surface area contributed by atoms with E-state index in [1.165, 1.54) is 13.2 Å². The van der Waals surface area contributed by atoms with Crippen LogP contribution in [0.4, 0.5) is 0 Å². The third-order valence-corrected chi connectivity index (χ3v) is 7.37. The van der Waals surface area contributed by atoms with E-state index in [-0.39, 0.29) is 31.1 Å². The average molecular weight is 536 g/mol. The largest absolute Gasteiger partial charge is 0.494 e. The van der Waals surface area contributed by atoms with Crippen LogP contribution in [0.5, 0.6) is 17.2 Å². The zero-order chi connectivity index (χ0) is 27.2. The number of aromatic nitrogens is 1. The molecule has 0 unspecified atom stereocenters. The van der Waals surface area contributed by atoms with Crippen molar-refractivity contribution in [1.82, 2.24) is 4.98 Å². The lowest BCUT2D eigenvalue weighted by atomic mass is 9.93. The summed E-state index contributed by atoms with van der Waals surface area (Å²) in [6, 6.07) is 13.9. The third-order valence-electron chi connectivity index (χ3n) is 6.24. The molecule has 0 saturated carbocycles. The number of methoxy groups -OCH3 is 2. The number of aryl methyl sites for hydroxylation is 1. The molecule has 0 spiro atoms. The van der Waals surface area contributed by atoms with E-state index in [4.69, 9.17) is 19.3 Å². The van der Waals surface area contributed by atoms with Crippen LogP contribution in [0.25, 0.3) is 21.3 Å². The van der Waals surface area contributed by atoms with Crippen LogP contribution in [0.2, 0.25) is 0 Å². The topological polar surface area (TPSA) is 115 Å². The number of nitrogens with zero attached hydrogens (tertiary/aromatic N) is 1. The number of ether oxygens (including phenoxy) is 3. The Morgan fingerprint density at radius 1 is 1.00 bits per heavy atom. The van der Waals surface area contributed by atoms with Crippen LogP contribution in [0.15, 0.2) is 53.9 Å². The first-order valence-corrected chi connectivity index (χ1v) is 12.9. The Labute approximate surface area is 224 Å². The minimum absolute atomic E-state index is 0.0857. The summed E-state index contributed by atoms with van der Waals surface area (Å²) in [5, 5.41) is 22.0. The molecule has 0 aliphatic carbocycles. The molecular weight excluding hydrogens is 506 g/mol. The molecule has 4 aromatic rings. The molecule has 2 aromatic heterocycles. The average Bonchev–Trinajstić information content (AvgIpc) is 3.39. The van der Waals surface area contributed by atoms with Crippen molar-refractivity contribution in [1.29, 1.82) is 0 Å². The second-order valence-corrected chi connectivity index (χ2v) is 9.54. The van der Waals surface area contributed by atoms with Gasteiger partial charge in [0.2, 0.25) is 0 Å². The molecule has 8 nitrogen and oxygen atoms in total. The Kier molecular flexibility index (Phi) is 8.73. The lowest BCUT2D eigenvalue weighted by molar-refractivity contribution is 0.0787. The van der Waals surface area contributed by atoms with Crippen LogP contribution >= 0.6 is 11.3 Å². The number of aliphatic hydroxyl groups excluding tert-OH is 2. The molecule has 38 heavy (non-hydrogen) atoms. The lowest BCUT2D eigenvalue weighted by Gasteiger charge is -2.15. The normalized spacial score (nSPS) is 11.8. The van der Waals surface area contributed by atoms with Gasteiger partial charge in [-0.25, -0.2) is 4.98 Å². The van der Waals surface area contributed by atoms with Crippen LogP contribution in [0.1, 0.15) is 32.8 Å². The highest BCUT2D eigenvalue weighted by molar-refractivity contribution is 7.18. The molecule has 2 aromatic carbocycles. The molecule has 198 valence electrons. The van der Waals surface area contributed by atoms with Gasteiger partial charge in [0.25, 0.3) is 0 Å². The monoisotopic (exact) mass is 535 g/mol. The van der Waals surface area contributed by atoms with Gasteiger partial charge in [0.1, 0.15) is 23.7 Å². The van der Waals surface area contributed by atoms with Crippen LogP contribution in [-0.4, -0.2) is 60.8 Å². The van der Waals surface area contributed by atoms with E-state index in [9.17, 15) is 14.7 Å². The van der Waals surface area contributed by atoms with Crippen molar-refractivity contribution in [2.75, 3.05) is 34.0 Å². The Bertz CT molecular complexity index is 1460. The number of carbonyl (C=O) groups excluding carboxylic acids is 2. The first-order valence-electron chi connectivity index (χ1n) is 12.0. The van der Waals surface area contributed by atoms with Gasteiger partial charge in [-0.05, 0) is 42.8 Å². The number of pyridine rings is 1. The number of Topliss-reactive ketones (excluding diaryl/α,β-unsaturated/α-hetero) is 2. The van der Waals surface area contributed by atoms with E-state index in [0.29, 0.717) is 28.5 Å². The van der Waals surface area contributed by atoms with Crippen molar-refractivity contribution < 1.29 is 34.0 Å². The molecule has 2 heterocycles. The van der Waals surface area contributed by atoms with E-state index in [1.54, 1.807) is 42.7 Å². The van der Waals surface area contributed by atoms with Gasteiger partial charge in [0.15, 0.2) is 23.1 Å². The van der Waals surface area contributed by atoms with Gasteiger partial charge in [-0.3, -0.25) is 9.59 Å². The zero-order valence-corrected chi connectivity index (χ0v) is 22.2. The van der Waals surface area contributed by atoms with Crippen LogP contribution < -0.4 is 14.2 Å². The zero-order valence-electron chi connectivity index (χ0n) is 21.4. The summed E-state index contributed by atoms with van der Waals surface area (Å²) < 4.78 is 17.4. The van der Waals surface area contributed by atoms with Gasteiger partial charge in [-0.15, -0.1) is 11.3 Å². The number of thiophene rings is 1. The van der Waals surface area contributed by atoms with Crippen molar-refractivity contribution in [2.45, 2.75) is 13.3 Å². The summed E-state index contributed by atoms with van der Waals surface area (Å²) in [4.78, 5) is 31.1. The van der Waals surface area contributed by atoms with Gasteiger partial charge in [0.05, 0.1) is 33.4 Å². The number of benzene rings is 2. The predicted octanol–water partition coefficient (Wildman–Crippen LogP) is 4.72. The Morgan fingerprint density at radius 2 is 1.76 bits per heavy atom. The quantitative estimate of drug-likeness (QED) is 0.250. The molecule has 0 aliphatic heterocycles. The number of rotatable bonds is 12. The number of hydrogen-bond donors (Lipinski definition) is 2. The van der Waals surface area contributed by atoms with Crippen molar-refractivity contribution in [2.24, 2.45) is 5.92 Å².